The van der Waals surface area contributed by atoms with Crippen LogP contribution < -0.4 is 5.32 Å². The molecule has 1 rings (SSSR count). The molecule has 100 valence electrons. The van der Waals surface area contributed by atoms with E-state index >= 15 is 0 Å². The highest BCUT2D eigenvalue weighted by Gasteiger charge is 2.07. The molecule has 0 atom stereocenters. The molecule has 6 heteroatoms. The molecule has 0 aliphatic carbocycles. The molecule has 0 bridgehead atoms. The van der Waals surface area contributed by atoms with Crippen molar-refractivity contribution < 1.29 is 15.0 Å². The number of rotatable bonds is 8. The van der Waals surface area contributed by atoms with Gasteiger partial charge in [-0.25, -0.2) is 9.78 Å². The van der Waals surface area contributed by atoms with Gasteiger partial charge in [-0.1, -0.05) is 0 Å². The minimum Gasteiger partial charge on any atom is -0.478 e. The van der Waals surface area contributed by atoms with Gasteiger partial charge in [-0.05, 0) is 31.2 Å². The van der Waals surface area contributed by atoms with Crippen LogP contribution >= 0.6 is 11.8 Å². The Hall–Kier alpha value is -1.27. The zero-order valence-electron chi connectivity index (χ0n) is 10.3. The number of nitrogens with zero attached hydrogens (tertiary/aromatic N) is 1. The zero-order valence-corrected chi connectivity index (χ0v) is 11.2. The van der Waals surface area contributed by atoms with Crippen molar-refractivity contribution in [1.29, 1.82) is 0 Å². The molecule has 18 heavy (non-hydrogen) atoms. The summed E-state index contributed by atoms with van der Waals surface area (Å²) in [5, 5.41) is 20.6. The lowest BCUT2D eigenvalue weighted by molar-refractivity contribution is 0.0695. The Bertz CT molecular complexity index is 399. The van der Waals surface area contributed by atoms with Crippen molar-refractivity contribution in [3.63, 3.8) is 0 Å². The van der Waals surface area contributed by atoms with Gasteiger partial charge in [-0.3, -0.25) is 0 Å². The van der Waals surface area contributed by atoms with Gasteiger partial charge in [0.1, 0.15) is 5.82 Å². The largest absolute Gasteiger partial charge is 0.478 e. The number of carbonyl (C=O) groups is 1. The molecule has 0 fully saturated rings. The lowest BCUT2D eigenvalue weighted by atomic mass is 10.2. The maximum atomic E-state index is 10.8. The predicted molar refractivity (Wildman–Crippen MR) is 73.5 cm³/mol. The highest BCUT2D eigenvalue weighted by Crippen LogP contribution is 2.11. The first kappa shape index (κ1) is 14.8. The smallest absolute Gasteiger partial charge is 0.337 e. The average Bonchev–Trinajstić information content (AvgIpc) is 2.33. The Morgan fingerprint density at radius 2 is 2.22 bits per heavy atom. The van der Waals surface area contributed by atoms with E-state index in [0.29, 0.717) is 11.5 Å². The standard InChI is InChI=1S/C12H18N2O3S/c1-9-10(12(16)17)3-4-11(14-9)13-5-8-18-7-2-6-15/h3-4,15H,2,5-8H2,1H3,(H,13,14)(H,16,17). The number of aromatic nitrogens is 1. The van der Waals surface area contributed by atoms with E-state index < -0.39 is 5.97 Å². The summed E-state index contributed by atoms with van der Waals surface area (Å²) in [4.78, 5) is 15.0. The number of carboxylic acids is 1. The van der Waals surface area contributed by atoms with Crippen LogP contribution in [0.2, 0.25) is 0 Å². The number of hydrogen-bond acceptors (Lipinski definition) is 5. The van der Waals surface area contributed by atoms with E-state index in [1.165, 1.54) is 0 Å². The normalized spacial score (nSPS) is 10.3. The maximum Gasteiger partial charge on any atom is 0.337 e. The van der Waals surface area contributed by atoms with Crippen molar-refractivity contribution in [2.24, 2.45) is 0 Å². The minimum atomic E-state index is -0.953. The summed E-state index contributed by atoms with van der Waals surface area (Å²) in [5.41, 5.74) is 0.748. The van der Waals surface area contributed by atoms with Gasteiger partial charge in [0.25, 0.3) is 0 Å². The van der Waals surface area contributed by atoms with Crippen LogP contribution in [-0.2, 0) is 0 Å². The quantitative estimate of drug-likeness (QED) is 0.623. The molecule has 0 saturated heterocycles. The third-order valence-electron chi connectivity index (χ3n) is 2.32. The van der Waals surface area contributed by atoms with E-state index in [1.54, 1.807) is 30.8 Å². The molecule has 0 spiro atoms. The summed E-state index contributed by atoms with van der Waals surface area (Å²) < 4.78 is 0. The van der Waals surface area contributed by atoms with E-state index in [-0.39, 0.29) is 12.2 Å². The van der Waals surface area contributed by atoms with Crippen LogP contribution in [0, 0.1) is 6.92 Å². The Labute approximate surface area is 111 Å². The first-order valence-electron chi connectivity index (χ1n) is 5.78. The van der Waals surface area contributed by atoms with Gasteiger partial charge in [0, 0.05) is 18.9 Å². The van der Waals surface area contributed by atoms with Crippen LogP contribution in [0.4, 0.5) is 5.82 Å². The average molecular weight is 270 g/mol. The molecule has 0 radical (unpaired) electrons. The molecule has 0 amide bonds. The van der Waals surface area contributed by atoms with Crippen molar-refractivity contribution in [3.8, 4) is 0 Å². The Kier molecular flexibility index (Phi) is 6.53. The van der Waals surface area contributed by atoms with E-state index in [4.69, 9.17) is 10.2 Å². The molecule has 5 nitrogen and oxygen atoms in total. The SMILES string of the molecule is Cc1nc(NCCSCCCO)ccc1C(=O)O. The molecule has 1 aromatic rings. The van der Waals surface area contributed by atoms with Gasteiger partial charge in [0.15, 0.2) is 0 Å². The van der Waals surface area contributed by atoms with Gasteiger partial charge >= 0.3 is 5.97 Å². The fourth-order valence-electron chi connectivity index (χ4n) is 1.41. The monoisotopic (exact) mass is 270 g/mol. The first-order valence-corrected chi connectivity index (χ1v) is 6.94. The second kappa shape index (κ2) is 7.94. The number of pyridine rings is 1. The van der Waals surface area contributed by atoms with E-state index in [1.807, 2.05) is 0 Å². The third kappa shape index (κ3) is 4.93. The molecule has 0 aromatic carbocycles. The van der Waals surface area contributed by atoms with Gasteiger partial charge < -0.3 is 15.5 Å². The maximum absolute atomic E-state index is 10.8. The Morgan fingerprint density at radius 1 is 1.44 bits per heavy atom. The van der Waals surface area contributed by atoms with Crippen LogP contribution in [0.1, 0.15) is 22.5 Å². The molecule has 1 heterocycles. The molecular weight excluding hydrogens is 252 g/mol. The molecule has 1 aromatic heterocycles. The van der Waals surface area contributed by atoms with Crippen LogP contribution in [0.15, 0.2) is 12.1 Å². The number of anilines is 1. The number of hydrogen-bond donors (Lipinski definition) is 3. The number of carboxylic acid groups (broad SMARTS) is 1. The van der Waals surface area contributed by atoms with Crippen LogP contribution in [0.5, 0.6) is 0 Å². The third-order valence-corrected chi connectivity index (χ3v) is 3.39. The number of aliphatic hydroxyl groups is 1. The number of aryl methyl sites for hydroxylation is 1. The van der Waals surface area contributed by atoms with E-state index in [9.17, 15) is 4.79 Å². The summed E-state index contributed by atoms with van der Waals surface area (Å²) in [6.07, 6.45) is 0.815. The van der Waals surface area contributed by atoms with Crippen molar-refractivity contribution in [3.05, 3.63) is 23.4 Å². The topological polar surface area (TPSA) is 82.5 Å². The highest BCUT2D eigenvalue weighted by molar-refractivity contribution is 7.99. The molecule has 0 aliphatic rings. The van der Waals surface area contributed by atoms with Crippen molar-refractivity contribution in [2.75, 3.05) is 30.0 Å². The van der Waals surface area contributed by atoms with Gasteiger partial charge in [0.05, 0.1) is 11.3 Å². The summed E-state index contributed by atoms with van der Waals surface area (Å²) in [6, 6.07) is 3.24. The summed E-state index contributed by atoms with van der Waals surface area (Å²) in [5.74, 6) is 1.62. The Balaban J connectivity index is 2.35. The fraction of sp³-hybridized carbons (Fsp3) is 0.500. The van der Waals surface area contributed by atoms with E-state index in [2.05, 4.69) is 10.3 Å². The van der Waals surface area contributed by atoms with Crippen LogP contribution in [0.3, 0.4) is 0 Å². The first-order chi connectivity index (χ1) is 8.65. The van der Waals surface area contributed by atoms with Crippen molar-refractivity contribution in [2.45, 2.75) is 13.3 Å². The minimum absolute atomic E-state index is 0.234. The van der Waals surface area contributed by atoms with E-state index in [0.717, 1.165) is 24.5 Å². The fourth-order valence-corrected chi connectivity index (χ4v) is 2.19. The van der Waals surface area contributed by atoms with Crippen molar-refractivity contribution >= 4 is 23.5 Å². The Morgan fingerprint density at radius 3 is 2.83 bits per heavy atom. The predicted octanol–water partition coefficient (Wildman–Crippen LogP) is 1.62. The second-order valence-corrected chi connectivity index (χ2v) is 4.98. The van der Waals surface area contributed by atoms with Crippen LogP contribution in [0.25, 0.3) is 0 Å². The summed E-state index contributed by atoms with van der Waals surface area (Å²) in [6.45, 7) is 2.69. The number of nitrogens with one attached hydrogen (secondary N) is 1. The number of aliphatic hydroxyl groups excluding tert-OH is 1. The lowest BCUT2D eigenvalue weighted by Crippen LogP contribution is -2.09. The molecule has 0 aliphatic heterocycles. The molecule has 0 unspecified atom stereocenters. The summed E-state index contributed by atoms with van der Waals surface area (Å²) in [7, 11) is 0. The second-order valence-electron chi connectivity index (χ2n) is 3.75. The molecule has 3 N–H and O–H groups in total. The molecular formula is C12H18N2O3S. The van der Waals surface area contributed by atoms with Gasteiger partial charge in [-0.15, -0.1) is 0 Å². The van der Waals surface area contributed by atoms with Gasteiger partial charge in [0.2, 0.25) is 0 Å². The highest BCUT2D eigenvalue weighted by atomic mass is 32.2. The summed E-state index contributed by atoms with van der Waals surface area (Å²) >= 11 is 1.76. The number of aromatic carboxylic acids is 1. The van der Waals surface area contributed by atoms with Crippen LogP contribution in [-0.4, -0.2) is 45.8 Å². The lowest BCUT2D eigenvalue weighted by Gasteiger charge is -2.07. The number of thioether (sulfide) groups is 1. The molecule has 0 saturated carbocycles. The zero-order chi connectivity index (χ0) is 13.4. The van der Waals surface area contributed by atoms with Gasteiger partial charge in [-0.2, -0.15) is 11.8 Å². The van der Waals surface area contributed by atoms with Crippen molar-refractivity contribution in [1.82, 2.24) is 4.98 Å².